The highest BCUT2D eigenvalue weighted by molar-refractivity contribution is 5.37. The molecule has 2 rings (SSSR count). The molecule has 1 aromatic rings. The Morgan fingerprint density at radius 1 is 1.33 bits per heavy atom. The highest BCUT2D eigenvalue weighted by atomic mass is 14.7. The van der Waals surface area contributed by atoms with Gasteiger partial charge in [-0.25, -0.2) is 0 Å². The Bertz CT molecular complexity index is 230. The molecule has 0 saturated carbocycles. The van der Waals surface area contributed by atoms with Crippen molar-refractivity contribution in [1.82, 2.24) is 0 Å². The van der Waals surface area contributed by atoms with E-state index >= 15 is 0 Å². The van der Waals surface area contributed by atoms with Crippen LogP contribution in [0.2, 0.25) is 0 Å². The molecule has 9 heavy (non-hydrogen) atoms. The van der Waals surface area contributed by atoms with Crippen LogP contribution >= 0.6 is 0 Å². The van der Waals surface area contributed by atoms with E-state index in [0.717, 1.165) is 0 Å². The predicted molar refractivity (Wildman–Crippen MR) is 35.8 cm³/mol. The molecule has 0 aromatic heterocycles. The highest BCUT2D eigenvalue weighted by Crippen LogP contribution is 2.28. The van der Waals surface area contributed by atoms with E-state index in [4.69, 9.17) is 0 Å². The molecule has 0 spiro atoms. The zero-order chi connectivity index (χ0) is 6.27. The minimum atomic E-state index is 0.571. The summed E-state index contributed by atoms with van der Waals surface area (Å²) in [6, 6.07) is 9.08. The lowest BCUT2D eigenvalue weighted by atomic mass is 9.84. The fourth-order valence-electron chi connectivity index (χ4n) is 1.36. The number of rotatable bonds is 0. The van der Waals surface area contributed by atoms with Crippen LogP contribution in [0, 0.1) is 0 Å². The van der Waals surface area contributed by atoms with Gasteiger partial charge in [0, 0.05) is 12.0 Å². The van der Waals surface area contributed by atoms with Crippen LogP contribution < -0.4 is 5.73 Å². The lowest BCUT2D eigenvalue weighted by molar-refractivity contribution is -0.433. The molecule has 0 bridgehead atoms. The summed E-state index contributed by atoms with van der Waals surface area (Å²) in [4.78, 5) is 0. The van der Waals surface area contributed by atoms with Crippen LogP contribution in [0.15, 0.2) is 24.3 Å². The first-order chi connectivity index (χ1) is 4.38. The Labute approximate surface area is 54.5 Å². The van der Waals surface area contributed by atoms with Gasteiger partial charge in [0.2, 0.25) is 0 Å². The van der Waals surface area contributed by atoms with Gasteiger partial charge in [0.05, 0.1) is 0 Å². The van der Waals surface area contributed by atoms with Gasteiger partial charge in [-0.15, -0.1) is 0 Å². The number of hydrogen-bond acceptors (Lipinski definition) is 0. The summed E-state index contributed by atoms with van der Waals surface area (Å²) in [5, 5.41) is 0. The maximum absolute atomic E-state index is 3.99. The van der Waals surface area contributed by atoms with Crippen molar-refractivity contribution in [2.75, 3.05) is 0 Å². The normalized spacial score (nSPS) is 22.6. The molecule has 0 radical (unpaired) electrons. The van der Waals surface area contributed by atoms with Crippen molar-refractivity contribution in [3.05, 3.63) is 35.4 Å². The van der Waals surface area contributed by atoms with Gasteiger partial charge in [0.25, 0.3) is 0 Å². The Morgan fingerprint density at radius 2 is 2.11 bits per heavy atom. The maximum Gasteiger partial charge on any atom is 0.114 e. The Morgan fingerprint density at radius 3 is 2.67 bits per heavy atom. The molecule has 1 atom stereocenters. The predicted octanol–water partition coefficient (Wildman–Crippen LogP) is 0.526. The molecular weight excluding hydrogens is 110 g/mol. The summed E-state index contributed by atoms with van der Waals surface area (Å²) >= 11 is 0. The Kier molecular flexibility index (Phi) is 0.878. The van der Waals surface area contributed by atoms with Gasteiger partial charge < -0.3 is 5.73 Å². The molecule has 46 valence electrons. The first kappa shape index (κ1) is 5.00. The van der Waals surface area contributed by atoms with Gasteiger partial charge >= 0.3 is 0 Å². The van der Waals surface area contributed by atoms with Crippen LogP contribution in [-0.2, 0) is 6.42 Å². The van der Waals surface area contributed by atoms with Crippen LogP contribution in [0.25, 0.3) is 0 Å². The average Bonchev–Trinajstić information content (AvgIpc) is 1.86. The number of hydrogen-bond donors (Lipinski definition) is 1. The van der Waals surface area contributed by atoms with Crippen LogP contribution in [0.3, 0.4) is 0 Å². The fraction of sp³-hybridized carbons (Fsp3) is 0.250. The van der Waals surface area contributed by atoms with Crippen molar-refractivity contribution in [3.63, 3.8) is 0 Å². The van der Waals surface area contributed by atoms with Crippen LogP contribution in [0.1, 0.15) is 17.2 Å². The third-order valence-electron chi connectivity index (χ3n) is 1.96. The molecule has 1 aliphatic carbocycles. The highest BCUT2D eigenvalue weighted by Gasteiger charge is 2.23. The van der Waals surface area contributed by atoms with E-state index in [0.29, 0.717) is 6.04 Å². The fourth-order valence-corrected chi connectivity index (χ4v) is 1.36. The Balaban J connectivity index is 2.51. The molecule has 1 aromatic carbocycles. The molecule has 1 aliphatic rings. The smallest absolute Gasteiger partial charge is 0.114 e. The van der Waals surface area contributed by atoms with Crippen molar-refractivity contribution >= 4 is 0 Å². The lowest BCUT2D eigenvalue weighted by Crippen LogP contribution is -2.58. The van der Waals surface area contributed by atoms with Crippen molar-refractivity contribution in [2.24, 2.45) is 0 Å². The SMILES string of the molecule is [NH3+][C@H]1Cc2ccccc21. The van der Waals surface area contributed by atoms with E-state index in [9.17, 15) is 0 Å². The topological polar surface area (TPSA) is 27.6 Å². The molecule has 0 amide bonds. The average molecular weight is 120 g/mol. The quantitative estimate of drug-likeness (QED) is 0.517. The first-order valence-corrected chi connectivity index (χ1v) is 3.29. The summed E-state index contributed by atoms with van der Waals surface area (Å²) < 4.78 is 0. The second-order valence-electron chi connectivity index (χ2n) is 2.60. The second-order valence-corrected chi connectivity index (χ2v) is 2.60. The van der Waals surface area contributed by atoms with Gasteiger partial charge in [-0.3, -0.25) is 0 Å². The summed E-state index contributed by atoms with van der Waals surface area (Å²) in [6.45, 7) is 0. The third kappa shape index (κ3) is 0.583. The minimum Gasteiger partial charge on any atom is -0.351 e. The zero-order valence-electron chi connectivity index (χ0n) is 5.30. The first-order valence-electron chi connectivity index (χ1n) is 3.29. The molecule has 0 fully saturated rings. The lowest BCUT2D eigenvalue weighted by Gasteiger charge is -2.22. The summed E-state index contributed by atoms with van der Waals surface area (Å²) in [7, 11) is 0. The van der Waals surface area contributed by atoms with E-state index in [1.165, 1.54) is 17.5 Å². The van der Waals surface area contributed by atoms with Crippen LogP contribution in [0.4, 0.5) is 0 Å². The molecular formula is C8H10N+. The van der Waals surface area contributed by atoms with Gasteiger partial charge in [-0.2, -0.15) is 0 Å². The van der Waals surface area contributed by atoms with Gasteiger partial charge in [0.15, 0.2) is 0 Å². The number of benzene rings is 1. The maximum atomic E-state index is 3.99. The van der Waals surface area contributed by atoms with Gasteiger partial charge in [-0.1, -0.05) is 24.3 Å². The molecule has 0 heterocycles. The second kappa shape index (κ2) is 1.58. The molecule has 1 nitrogen and oxygen atoms in total. The van der Waals surface area contributed by atoms with E-state index in [-0.39, 0.29) is 0 Å². The number of fused-ring (bicyclic) bond motifs is 1. The van der Waals surface area contributed by atoms with E-state index in [1.54, 1.807) is 0 Å². The van der Waals surface area contributed by atoms with Gasteiger partial charge in [-0.05, 0) is 5.56 Å². The molecule has 0 aliphatic heterocycles. The van der Waals surface area contributed by atoms with Crippen LogP contribution in [0.5, 0.6) is 0 Å². The monoisotopic (exact) mass is 120 g/mol. The van der Waals surface area contributed by atoms with Crippen molar-refractivity contribution in [1.29, 1.82) is 0 Å². The van der Waals surface area contributed by atoms with E-state index < -0.39 is 0 Å². The molecule has 1 heteroatoms. The molecule has 0 saturated heterocycles. The van der Waals surface area contributed by atoms with Crippen molar-refractivity contribution < 1.29 is 5.73 Å². The summed E-state index contributed by atoms with van der Waals surface area (Å²) in [5.41, 5.74) is 6.91. The standard InChI is InChI=1S/C8H9N/c9-8-5-6-3-1-2-4-7(6)8/h1-4,8H,5,9H2/p+1/t8-/m0/s1. The van der Waals surface area contributed by atoms with Crippen molar-refractivity contribution in [3.8, 4) is 0 Å². The van der Waals surface area contributed by atoms with E-state index in [2.05, 4.69) is 30.0 Å². The molecule has 3 N–H and O–H groups in total. The zero-order valence-corrected chi connectivity index (χ0v) is 5.30. The third-order valence-corrected chi connectivity index (χ3v) is 1.96. The van der Waals surface area contributed by atoms with E-state index in [1.807, 2.05) is 0 Å². The number of quaternary nitrogens is 1. The minimum absolute atomic E-state index is 0.571. The summed E-state index contributed by atoms with van der Waals surface area (Å²) in [5.74, 6) is 0. The van der Waals surface area contributed by atoms with Crippen LogP contribution in [-0.4, -0.2) is 0 Å². The largest absolute Gasteiger partial charge is 0.351 e. The van der Waals surface area contributed by atoms with Crippen molar-refractivity contribution in [2.45, 2.75) is 12.5 Å². The molecule has 0 unspecified atom stereocenters. The summed E-state index contributed by atoms with van der Waals surface area (Å²) in [6.07, 6.45) is 1.18. The van der Waals surface area contributed by atoms with Gasteiger partial charge in [0.1, 0.15) is 6.04 Å². The Hall–Kier alpha value is -0.820.